The maximum Gasteiger partial charge on any atom is 0.417 e. The van der Waals surface area contributed by atoms with Crippen LogP contribution in [0.3, 0.4) is 0 Å². The second kappa shape index (κ2) is 9.94. The van der Waals surface area contributed by atoms with Crippen LogP contribution < -0.4 is 9.47 Å². The van der Waals surface area contributed by atoms with Crippen LogP contribution in [-0.2, 0) is 19.3 Å². The van der Waals surface area contributed by atoms with E-state index in [1.165, 1.54) is 6.92 Å². The van der Waals surface area contributed by atoms with Gasteiger partial charge in [0.1, 0.15) is 17.1 Å². The molecule has 0 fully saturated rings. The van der Waals surface area contributed by atoms with Gasteiger partial charge < -0.3 is 9.47 Å². The molecule has 0 aliphatic carbocycles. The Labute approximate surface area is 187 Å². The summed E-state index contributed by atoms with van der Waals surface area (Å²) in [4.78, 5) is 15.2. The van der Waals surface area contributed by atoms with Crippen molar-refractivity contribution in [3.63, 3.8) is 0 Å². The van der Waals surface area contributed by atoms with E-state index in [4.69, 9.17) is 9.47 Å². The summed E-state index contributed by atoms with van der Waals surface area (Å²) in [7, 11) is 0. The number of esters is 1. The van der Waals surface area contributed by atoms with Crippen LogP contribution in [0.2, 0.25) is 0 Å². The fraction of sp³-hybridized carbons (Fsp3) is 0.480. The zero-order valence-electron chi connectivity index (χ0n) is 19.0. The van der Waals surface area contributed by atoms with Gasteiger partial charge in [0.2, 0.25) is 0 Å². The number of carbonyl (C=O) groups is 1. The number of alkyl halides is 3. The Bertz CT molecular complexity index is 957. The van der Waals surface area contributed by atoms with Crippen LogP contribution >= 0.6 is 0 Å². The molecular weight excluding hydrogens is 419 g/mol. The summed E-state index contributed by atoms with van der Waals surface area (Å²) in [6.45, 7) is 8.14. The fourth-order valence-corrected chi connectivity index (χ4v) is 4.09. The Morgan fingerprint density at radius 1 is 1.12 bits per heavy atom. The van der Waals surface area contributed by atoms with Gasteiger partial charge in [0.25, 0.3) is 0 Å². The quantitative estimate of drug-likeness (QED) is 0.261. The highest BCUT2D eigenvalue weighted by molar-refractivity contribution is 5.97. The van der Waals surface area contributed by atoms with Gasteiger partial charge in [-0.25, -0.2) is 4.79 Å². The van der Waals surface area contributed by atoms with E-state index in [1.54, 1.807) is 30.3 Å². The maximum atomic E-state index is 14.2. The van der Waals surface area contributed by atoms with E-state index in [0.29, 0.717) is 18.7 Å². The van der Waals surface area contributed by atoms with Crippen molar-refractivity contribution in [2.24, 2.45) is 0 Å². The molecule has 1 heterocycles. The van der Waals surface area contributed by atoms with Gasteiger partial charge >= 0.3 is 12.1 Å². The van der Waals surface area contributed by atoms with Gasteiger partial charge in [-0.15, -0.1) is 0 Å². The Balaban J connectivity index is 2.17. The second-order valence-corrected chi connectivity index (χ2v) is 8.23. The van der Waals surface area contributed by atoms with Crippen molar-refractivity contribution in [1.29, 1.82) is 0 Å². The fourth-order valence-electron chi connectivity index (χ4n) is 4.09. The Morgan fingerprint density at radius 2 is 1.78 bits per heavy atom. The minimum absolute atomic E-state index is 0.104. The van der Waals surface area contributed by atoms with Crippen LogP contribution in [-0.4, -0.2) is 23.5 Å². The molecule has 0 saturated heterocycles. The number of halogens is 3. The molecule has 0 amide bonds. The third-order valence-corrected chi connectivity index (χ3v) is 6.04. The minimum atomic E-state index is -4.59. The topological polar surface area (TPSA) is 38.8 Å². The van der Waals surface area contributed by atoms with Crippen molar-refractivity contribution in [1.82, 2.24) is 4.90 Å². The molecule has 2 aromatic carbocycles. The Hall–Kier alpha value is -2.54. The summed E-state index contributed by atoms with van der Waals surface area (Å²) < 4.78 is 54.1. The molecule has 7 heteroatoms. The van der Waals surface area contributed by atoms with E-state index in [9.17, 15) is 18.0 Å². The van der Waals surface area contributed by atoms with E-state index >= 15 is 0 Å². The van der Waals surface area contributed by atoms with Gasteiger partial charge in [0, 0.05) is 24.7 Å². The van der Waals surface area contributed by atoms with Crippen molar-refractivity contribution in [2.45, 2.75) is 72.3 Å². The van der Waals surface area contributed by atoms with Crippen LogP contribution in [0.25, 0.3) is 0 Å². The highest BCUT2D eigenvalue weighted by Gasteiger charge is 2.43. The van der Waals surface area contributed by atoms with Crippen LogP contribution in [0, 0.1) is 6.92 Å². The minimum Gasteiger partial charge on any atom is -0.492 e. The lowest BCUT2D eigenvalue weighted by Crippen LogP contribution is -2.27. The standard InChI is InChI=1S/C25H30F3NO3/c1-5-7-13-31-23-20-15-29(16(3)6-2)14-19(20)22(25(26,27)28)17(4)21(23)24(30)32-18-11-9-8-10-12-18/h8-12,16H,5-7,13-15H2,1-4H3/t16-/m0/s1. The molecular formula is C25H30F3NO3. The second-order valence-electron chi connectivity index (χ2n) is 8.23. The van der Waals surface area contributed by atoms with Gasteiger partial charge in [-0.2, -0.15) is 13.2 Å². The molecule has 1 atom stereocenters. The molecule has 174 valence electrons. The number of ether oxygens (including phenoxy) is 2. The van der Waals surface area contributed by atoms with Crippen LogP contribution in [0.15, 0.2) is 30.3 Å². The molecule has 0 saturated carbocycles. The molecule has 0 bridgehead atoms. The lowest BCUT2D eigenvalue weighted by atomic mass is 9.91. The molecule has 32 heavy (non-hydrogen) atoms. The first-order chi connectivity index (χ1) is 15.2. The normalized spacial score (nSPS) is 14.8. The monoisotopic (exact) mass is 449 g/mol. The number of benzene rings is 2. The van der Waals surface area contributed by atoms with Gasteiger partial charge in [-0.05, 0) is 49.9 Å². The molecule has 0 aromatic heterocycles. The first kappa shape index (κ1) is 24.1. The van der Waals surface area contributed by atoms with E-state index in [1.807, 2.05) is 25.7 Å². The number of carbonyl (C=O) groups excluding carboxylic acids is 1. The third kappa shape index (κ3) is 4.93. The number of hydrogen-bond donors (Lipinski definition) is 0. The molecule has 0 unspecified atom stereocenters. The van der Waals surface area contributed by atoms with E-state index < -0.39 is 17.7 Å². The molecule has 2 aromatic rings. The molecule has 3 rings (SSSR count). The number of hydrogen-bond acceptors (Lipinski definition) is 4. The lowest BCUT2D eigenvalue weighted by molar-refractivity contribution is -0.138. The number of para-hydroxylation sites is 1. The summed E-state index contributed by atoms with van der Waals surface area (Å²) in [5, 5.41) is 0. The molecule has 4 nitrogen and oxygen atoms in total. The molecule has 0 radical (unpaired) electrons. The third-order valence-electron chi connectivity index (χ3n) is 6.04. The zero-order valence-corrected chi connectivity index (χ0v) is 19.0. The SMILES string of the molecule is CCCCOc1c2c(c(C(F)(F)F)c(C)c1C(=O)Oc1ccccc1)CN([C@@H](C)CC)C2. The van der Waals surface area contributed by atoms with Gasteiger partial charge in [-0.1, -0.05) is 38.5 Å². The number of unbranched alkanes of at least 4 members (excludes halogenated alkanes) is 1. The summed E-state index contributed by atoms with van der Waals surface area (Å²) >= 11 is 0. The van der Waals surface area contributed by atoms with Crippen molar-refractivity contribution in [3.8, 4) is 11.5 Å². The maximum absolute atomic E-state index is 14.2. The van der Waals surface area contributed by atoms with E-state index in [-0.39, 0.29) is 40.8 Å². The van der Waals surface area contributed by atoms with Crippen molar-refractivity contribution in [2.75, 3.05) is 6.61 Å². The Kier molecular flexibility index (Phi) is 7.49. The first-order valence-electron chi connectivity index (χ1n) is 11.1. The molecule has 1 aliphatic heterocycles. The summed E-state index contributed by atoms with van der Waals surface area (Å²) in [6, 6.07) is 8.44. The highest BCUT2D eigenvalue weighted by Crippen LogP contribution is 2.46. The van der Waals surface area contributed by atoms with Crippen LogP contribution in [0.4, 0.5) is 13.2 Å². The van der Waals surface area contributed by atoms with Crippen LogP contribution in [0.5, 0.6) is 11.5 Å². The smallest absolute Gasteiger partial charge is 0.417 e. The summed E-state index contributed by atoms with van der Waals surface area (Å²) in [5.74, 6) is -0.340. The van der Waals surface area contributed by atoms with Crippen molar-refractivity contribution >= 4 is 5.97 Å². The zero-order chi connectivity index (χ0) is 23.5. The molecule has 1 aliphatic rings. The first-order valence-corrected chi connectivity index (χ1v) is 11.1. The van der Waals surface area contributed by atoms with Crippen molar-refractivity contribution in [3.05, 3.63) is 58.1 Å². The van der Waals surface area contributed by atoms with Gasteiger partial charge in [0.15, 0.2) is 0 Å². The van der Waals surface area contributed by atoms with E-state index in [2.05, 4.69) is 0 Å². The van der Waals surface area contributed by atoms with Gasteiger partial charge in [-0.3, -0.25) is 4.90 Å². The van der Waals surface area contributed by atoms with Crippen LogP contribution in [0.1, 0.15) is 72.6 Å². The summed E-state index contributed by atoms with van der Waals surface area (Å²) in [6.07, 6.45) is -2.19. The van der Waals surface area contributed by atoms with Crippen molar-refractivity contribution < 1.29 is 27.4 Å². The largest absolute Gasteiger partial charge is 0.492 e. The average molecular weight is 450 g/mol. The number of fused-ring (bicyclic) bond motifs is 1. The number of rotatable bonds is 8. The molecule has 0 N–H and O–H groups in total. The predicted octanol–water partition coefficient (Wildman–Crippen LogP) is 6.53. The lowest BCUT2D eigenvalue weighted by Gasteiger charge is -2.22. The summed E-state index contributed by atoms with van der Waals surface area (Å²) in [5.41, 5.74) is -0.379. The average Bonchev–Trinajstić information content (AvgIpc) is 3.17. The molecule has 0 spiro atoms. The van der Waals surface area contributed by atoms with Gasteiger partial charge in [0.05, 0.1) is 12.2 Å². The van der Waals surface area contributed by atoms with E-state index in [0.717, 1.165) is 19.3 Å². The number of nitrogens with zero attached hydrogens (tertiary/aromatic N) is 1. The highest BCUT2D eigenvalue weighted by atomic mass is 19.4. The Morgan fingerprint density at radius 3 is 2.38 bits per heavy atom. The predicted molar refractivity (Wildman–Crippen MR) is 117 cm³/mol.